The summed E-state index contributed by atoms with van der Waals surface area (Å²) in [6.07, 6.45) is 3.38. The minimum Gasteiger partial charge on any atom is -0.278 e. The molecule has 0 aliphatic carbocycles. The minimum absolute atomic E-state index is 0.191. The molecule has 1 amide bonds. The number of para-hydroxylation sites is 1. The van der Waals surface area contributed by atoms with Crippen LogP contribution in [0.25, 0.3) is 10.2 Å². The van der Waals surface area contributed by atoms with Gasteiger partial charge in [-0.25, -0.2) is 13.4 Å². The molecule has 1 fully saturated rings. The van der Waals surface area contributed by atoms with Crippen molar-refractivity contribution in [3.63, 3.8) is 0 Å². The first kappa shape index (κ1) is 24.8. The molecule has 1 aliphatic rings. The Morgan fingerprint density at radius 3 is 2.50 bits per heavy atom. The Hall–Kier alpha value is -2.85. The average Bonchev–Trinajstić information content (AvgIpc) is 3.33. The Balaban J connectivity index is 1.45. The van der Waals surface area contributed by atoms with Crippen LogP contribution in [0.5, 0.6) is 0 Å². The maximum Gasteiger partial charge on any atom is 0.260 e. The Labute approximate surface area is 219 Å². The number of thiazole rings is 1. The molecule has 10 heteroatoms. The third-order valence-corrected chi connectivity index (χ3v) is 9.62. The number of amides is 1. The number of nitrogens with zero attached hydrogens (tertiary/aromatic N) is 4. The number of halogens is 1. The predicted octanol–water partition coefficient (Wildman–Crippen LogP) is 5.61. The maximum atomic E-state index is 13.7. The summed E-state index contributed by atoms with van der Waals surface area (Å²) in [5.74, 6) is 0.227. The summed E-state index contributed by atoms with van der Waals surface area (Å²) in [5, 5.41) is 1.01. The molecule has 3 heterocycles. The molecular formula is C26H25ClN4O3S2. The number of carbonyl (C=O) groups is 1. The van der Waals surface area contributed by atoms with Gasteiger partial charge in [0.25, 0.3) is 5.91 Å². The number of rotatable bonds is 6. The molecule has 0 N–H and O–H groups in total. The van der Waals surface area contributed by atoms with Crippen LogP contribution in [0.3, 0.4) is 0 Å². The maximum absolute atomic E-state index is 13.7. The molecule has 2 aromatic heterocycles. The number of piperidine rings is 1. The average molecular weight is 541 g/mol. The predicted molar refractivity (Wildman–Crippen MR) is 143 cm³/mol. The lowest BCUT2D eigenvalue weighted by molar-refractivity contribution is 0.0984. The van der Waals surface area contributed by atoms with Gasteiger partial charge in [-0.3, -0.25) is 14.7 Å². The molecule has 36 heavy (non-hydrogen) atoms. The first-order valence-corrected chi connectivity index (χ1v) is 14.3. The Bertz CT molecular complexity index is 1480. The van der Waals surface area contributed by atoms with Crippen LogP contribution in [0, 0.1) is 5.92 Å². The highest BCUT2D eigenvalue weighted by atomic mass is 35.5. The van der Waals surface area contributed by atoms with Gasteiger partial charge in [-0.1, -0.05) is 42.0 Å². The molecule has 186 valence electrons. The molecule has 4 aromatic rings. The zero-order valence-electron chi connectivity index (χ0n) is 19.7. The van der Waals surface area contributed by atoms with Crippen LogP contribution in [0.2, 0.25) is 5.02 Å². The second-order valence-electron chi connectivity index (χ2n) is 8.91. The molecule has 0 bridgehead atoms. The van der Waals surface area contributed by atoms with Crippen molar-refractivity contribution in [3.8, 4) is 0 Å². The molecule has 0 spiro atoms. The van der Waals surface area contributed by atoms with E-state index < -0.39 is 10.0 Å². The van der Waals surface area contributed by atoms with E-state index in [0.717, 1.165) is 17.5 Å². The van der Waals surface area contributed by atoms with Crippen molar-refractivity contribution in [2.75, 3.05) is 18.0 Å². The molecule has 0 saturated carbocycles. The normalized spacial score (nSPS) is 15.3. The molecule has 2 aromatic carbocycles. The van der Waals surface area contributed by atoms with Crippen molar-refractivity contribution >= 4 is 54.2 Å². The molecule has 7 nitrogen and oxygen atoms in total. The van der Waals surface area contributed by atoms with E-state index in [2.05, 4.69) is 16.9 Å². The van der Waals surface area contributed by atoms with Crippen LogP contribution in [0.4, 0.5) is 5.13 Å². The number of pyridine rings is 1. The molecule has 0 radical (unpaired) electrons. The van der Waals surface area contributed by atoms with Crippen LogP contribution >= 0.6 is 22.9 Å². The minimum atomic E-state index is -3.60. The van der Waals surface area contributed by atoms with Crippen molar-refractivity contribution in [3.05, 3.63) is 83.1 Å². The third-order valence-electron chi connectivity index (χ3n) is 6.36. The van der Waals surface area contributed by atoms with Crippen LogP contribution < -0.4 is 4.90 Å². The number of hydrogen-bond donors (Lipinski definition) is 0. The number of anilines is 1. The quantitative estimate of drug-likeness (QED) is 0.317. The smallest absolute Gasteiger partial charge is 0.260 e. The highest BCUT2D eigenvalue weighted by Crippen LogP contribution is 2.34. The fraction of sp³-hybridized carbons (Fsp3) is 0.269. The van der Waals surface area contributed by atoms with Gasteiger partial charge < -0.3 is 0 Å². The monoisotopic (exact) mass is 540 g/mol. The standard InChI is InChI=1S/C26H25ClN4O3S2/c1-18-12-15-30(16-13-18)36(33,34)21-10-8-19(9-11-21)25(32)31(17-20-5-2-3-14-28-20)26-29-24-22(27)6-4-7-23(24)35-26/h2-11,14,18H,12-13,15-17H2,1H3. The van der Waals surface area contributed by atoms with E-state index in [4.69, 9.17) is 11.6 Å². The second-order valence-corrected chi connectivity index (χ2v) is 12.3. The van der Waals surface area contributed by atoms with Crippen LogP contribution in [-0.2, 0) is 16.6 Å². The van der Waals surface area contributed by atoms with Crippen molar-refractivity contribution in [1.29, 1.82) is 0 Å². The van der Waals surface area contributed by atoms with Crippen molar-refractivity contribution < 1.29 is 13.2 Å². The Kier molecular flexibility index (Phi) is 7.07. The van der Waals surface area contributed by atoms with Crippen LogP contribution in [0.1, 0.15) is 35.8 Å². The SMILES string of the molecule is CC1CCN(S(=O)(=O)c2ccc(C(=O)N(Cc3ccccn3)c3nc4c(Cl)cccc4s3)cc2)CC1. The summed E-state index contributed by atoms with van der Waals surface area (Å²) < 4.78 is 28.6. The summed E-state index contributed by atoms with van der Waals surface area (Å²) in [4.78, 5) is 24.4. The second kappa shape index (κ2) is 10.3. The van der Waals surface area contributed by atoms with Gasteiger partial charge in [-0.15, -0.1) is 0 Å². The van der Waals surface area contributed by atoms with Crippen molar-refractivity contribution in [2.45, 2.75) is 31.2 Å². The first-order valence-electron chi connectivity index (χ1n) is 11.7. The Morgan fingerprint density at radius 1 is 1.08 bits per heavy atom. The van der Waals surface area contributed by atoms with E-state index in [0.29, 0.717) is 45.9 Å². The van der Waals surface area contributed by atoms with E-state index in [9.17, 15) is 13.2 Å². The third kappa shape index (κ3) is 5.01. The first-order chi connectivity index (χ1) is 17.3. The van der Waals surface area contributed by atoms with Crippen LogP contribution in [0.15, 0.2) is 71.8 Å². The highest BCUT2D eigenvalue weighted by Gasteiger charge is 2.29. The molecule has 0 atom stereocenters. The molecule has 0 unspecified atom stereocenters. The fourth-order valence-corrected chi connectivity index (χ4v) is 6.93. The van der Waals surface area contributed by atoms with Gasteiger partial charge in [0.1, 0.15) is 5.52 Å². The van der Waals surface area contributed by atoms with E-state index in [-0.39, 0.29) is 17.3 Å². The highest BCUT2D eigenvalue weighted by molar-refractivity contribution is 7.89. The van der Waals surface area contributed by atoms with Crippen molar-refractivity contribution in [2.24, 2.45) is 5.92 Å². The van der Waals surface area contributed by atoms with E-state index in [1.807, 2.05) is 30.3 Å². The number of aromatic nitrogens is 2. The van der Waals surface area contributed by atoms with E-state index in [1.54, 1.807) is 29.3 Å². The number of fused-ring (bicyclic) bond motifs is 1. The number of carbonyl (C=O) groups excluding carboxylic acids is 1. The lowest BCUT2D eigenvalue weighted by atomic mass is 10.0. The fourth-order valence-electron chi connectivity index (χ4n) is 4.20. The van der Waals surface area contributed by atoms with Gasteiger partial charge in [0.15, 0.2) is 5.13 Å². The van der Waals surface area contributed by atoms with Gasteiger partial charge in [0.05, 0.1) is 26.9 Å². The zero-order valence-corrected chi connectivity index (χ0v) is 22.1. The Morgan fingerprint density at radius 2 is 1.83 bits per heavy atom. The largest absolute Gasteiger partial charge is 0.278 e. The van der Waals surface area contributed by atoms with E-state index >= 15 is 0 Å². The zero-order chi connectivity index (χ0) is 25.3. The van der Waals surface area contributed by atoms with Gasteiger partial charge >= 0.3 is 0 Å². The summed E-state index contributed by atoms with van der Waals surface area (Å²) >= 11 is 7.70. The topological polar surface area (TPSA) is 83.5 Å². The van der Waals surface area contributed by atoms with E-state index in [1.165, 1.54) is 27.8 Å². The lowest BCUT2D eigenvalue weighted by Gasteiger charge is -2.29. The van der Waals surface area contributed by atoms with Gasteiger partial charge in [-0.05, 0) is 67.3 Å². The molecule has 1 aliphatic heterocycles. The van der Waals surface area contributed by atoms with Crippen molar-refractivity contribution in [1.82, 2.24) is 14.3 Å². The van der Waals surface area contributed by atoms with Gasteiger partial charge in [0.2, 0.25) is 10.0 Å². The van der Waals surface area contributed by atoms with Gasteiger partial charge in [0, 0.05) is 24.8 Å². The summed E-state index contributed by atoms with van der Waals surface area (Å²) in [7, 11) is -3.60. The number of benzene rings is 2. The number of hydrogen-bond acceptors (Lipinski definition) is 6. The lowest BCUT2D eigenvalue weighted by Crippen LogP contribution is -2.37. The number of sulfonamides is 1. The molecule has 5 rings (SSSR count). The molecular weight excluding hydrogens is 516 g/mol. The summed E-state index contributed by atoms with van der Waals surface area (Å²) in [6.45, 7) is 3.38. The van der Waals surface area contributed by atoms with Gasteiger partial charge in [-0.2, -0.15) is 4.31 Å². The summed E-state index contributed by atoms with van der Waals surface area (Å²) in [6, 6.07) is 17.2. The summed E-state index contributed by atoms with van der Waals surface area (Å²) in [5.41, 5.74) is 1.70. The molecule has 1 saturated heterocycles. The van der Waals surface area contributed by atoms with Crippen LogP contribution in [-0.4, -0.2) is 41.7 Å².